The molecule has 90 valence electrons. The summed E-state index contributed by atoms with van der Waals surface area (Å²) in [6.07, 6.45) is 4.24. The van der Waals surface area contributed by atoms with Crippen LogP contribution in [-0.4, -0.2) is 29.8 Å². The van der Waals surface area contributed by atoms with Gasteiger partial charge in [0.05, 0.1) is 6.61 Å². The van der Waals surface area contributed by atoms with Crippen LogP contribution < -0.4 is 5.32 Å². The molecule has 1 aliphatic heterocycles. The van der Waals surface area contributed by atoms with Crippen LogP contribution in [-0.2, 0) is 5.41 Å². The SMILES string of the molecule is OCC1(c2c[nH]c3ccccc23)CCCNC1. The summed E-state index contributed by atoms with van der Waals surface area (Å²) < 4.78 is 0. The number of nitrogens with one attached hydrogen (secondary N) is 2. The molecule has 0 amide bonds. The van der Waals surface area contributed by atoms with Crippen molar-refractivity contribution in [2.24, 2.45) is 0 Å². The molecule has 17 heavy (non-hydrogen) atoms. The van der Waals surface area contributed by atoms with Gasteiger partial charge in [-0.05, 0) is 31.0 Å². The van der Waals surface area contributed by atoms with Gasteiger partial charge in [0.25, 0.3) is 0 Å². The van der Waals surface area contributed by atoms with E-state index < -0.39 is 0 Å². The number of rotatable bonds is 2. The van der Waals surface area contributed by atoms with Crippen LogP contribution in [0.15, 0.2) is 30.5 Å². The topological polar surface area (TPSA) is 48.0 Å². The maximum absolute atomic E-state index is 9.82. The van der Waals surface area contributed by atoms with Crippen LogP contribution in [0.2, 0.25) is 0 Å². The normalized spacial score (nSPS) is 25.2. The van der Waals surface area contributed by atoms with E-state index in [-0.39, 0.29) is 12.0 Å². The molecule has 2 heterocycles. The van der Waals surface area contributed by atoms with E-state index in [1.54, 1.807) is 0 Å². The molecular formula is C14H18N2O. The van der Waals surface area contributed by atoms with Crippen molar-refractivity contribution in [3.05, 3.63) is 36.0 Å². The number of aromatic nitrogens is 1. The zero-order chi connectivity index (χ0) is 11.7. The second-order valence-electron chi connectivity index (χ2n) is 4.97. The number of aliphatic hydroxyl groups excluding tert-OH is 1. The summed E-state index contributed by atoms with van der Waals surface area (Å²) in [6, 6.07) is 8.31. The highest BCUT2D eigenvalue weighted by molar-refractivity contribution is 5.84. The summed E-state index contributed by atoms with van der Waals surface area (Å²) in [7, 11) is 0. The molecule has 1 fully saturated rings. The largest absolute Gasteiger partial charge is 0.395 e. The third-order valence-corrected chi connectivity index (χ3v) is 3.94. The lowest BCUT2D eigenvalue weighted by molar-refractivity contribution is 0.163. The van der Waals surface area contributed by atoms with Crippen molar-refractivity contribution < 1.29 is 5.11 Å². The van der Waals surface area contributed by atoms with Crippen LogP contribution in [0.1, 0.15) is 18.4 Å². The Kier molecular flexibility index (Phi) is 2.65. The van der Waals surface area contributed by atoms with Gasteiger partial charge in [-0.3, -0.25) is 0 Å². The molecule has 1 unspecified atom stereocenters. The number of aromatic amines is 1. The Labute approximate surface area is 101 Å². The van der Waals surface area contributed by atoms with Crippen LogP contribution in [0.25, 0.3) is 10.9 Å². The average Bonchev–Trinajstić information content (AvgIpc) is 2.84. The summed E-state index contributed by atoms with van der Waals surface area (Å²) in [5, 5.41) is 14.5. The van der Waals surface area contributed by atoms with Gasteiger partial charge in [-0.2, -0.15) is 0 Å². The number of fused-ring (bicyclic) bond motifs is 1. The third-order valence-electron chi connectivity index (χ3n) is 3.94. The van der Waals surface area contributed by atoms with Gasteiger partial charge < -0.3 is 15.4 Å². The molecule has 2 aromatic rings. The first kappa shape index (κ1) is 10.8. The minimum atomic E-state index is -0.113. The fourth-order valence-electron chi connectivity index (χ4n) is 2.93. The van der Waals surface area contributed by atoms with Gasteiger partial charge in [-0.15, -0.1) is 0 Å². The minimum absolute atomic E-state index is 0.113. The first-order valence-electron chi connectivity index (χ1n) is 6.24. The molecular weight excluding hydrogens is 212 g/mol. The summed E-state index contributed by atoms with van der Waals surface area (Å²) >= 11 is 0. The predicted molar refractivity (Wildman–Crippen MR) is 69.2 cm³/mol. The maximum atomic E-state index is 9.82. The van der Waals surface area contributed by atoms with Crippen molar-refractivity contribution in [1.82, 2.24) is 10.3 Å². The maximum Gasteiger partial charge on any atom is 0.0541 e. The third kappa shape index (κ3) is 1.66. The molecule has 3 rings (SSSR count). The molecule has 1 aromatic heterocycles. The highest BCUT2D eigenvalue weighted by atomic mass is 16.3. The van der Waals surface area contributed by atoms with Gasteiger partial charge in [0.2, 0.25) is 0 Å². The summed E-state index contributed by atoms with van der Waals surface area (Å²) in [6.45, 7) is 2.14. The van der Waals surface area contributed by atoms with Gasteiger partial charge in [0, 0.05) is 29.1 Å². The van der Waals surface area contributed by atoms with Crippen molar-refractivity contribution in [1.29, 1.82) is 0 Å². The van der Waals surface area contributed by atoms with E-state index in [0.717, 1.165) is 31.4 Å². The lowest BCUT2D eigenvalue weighted by Crippen LogP contribution is -2.45. The second-order valence-corrected chi connectivity index (χ2v) is 4.97. The van der Waals surface area contributed by atoms with Crippen LogP contribution in [0, 0.1) is 0 Å². The molecule has 0 bridgehead atoms. The number of aliphatic hydroxyl groups is 1. The zero-order valence-corrected chi connectivity index (χ0v) is 9.87. The molecule has 3 nitrogen and oxygen atoms in total. The van der Waals surface area contributed by atoms with E-state index in [0.29, 0.717) is 0 Å². The number of para-hydroxylation sites is 1. The van der Waals surface area contributed by atoms with Crippen LogP contribution in [0.5, 0.6) is 0 Å². The summed E-state index contributed by atoms with van der Waals surface area (Å²) in [5.74, 6) is 0. The Morgan fingerprint density at radius 2 is 2.18 bits per heavy atom. The second kappa shape index (κ2) is 4.17. The summed E-state index contributed by atoms with van der Waals surface area (Å²) in [4.78, 5) is 3.31. The fraction of sp³-hybridized carbons (Fsp3) is 0.429. The van der Waals surface area contributed by atoms with Gasteiger partial charge in [-0.1, -0.05) is 18.2 Å². The van der Waals surface area contributed by atoms with E-state index in [4.69, 9.17) is 0 Å². The zero-order valence-electron chi connectivity index (χ0n) is 9.87. The Balaban J connectivity index is 2.12. The minimum Gasteiger partial charge on any atom is -0.395 e. The Morgan fingerprint density at radius 3 is 2.94 bits per heavy atom. The van der Waals surface area contributed by atoms with Crippen molar-refractivity contribution >= 4 is 10.9 Å². The molecule has 0 spiro atoms. The molecule has 1 atom stereocenters. The molecule has 3 N–H and O–H groups in total. The lowest BCUT2D eigenvalue weighted by Gasteiger charge is -2.36. The molecule has 3 heteroatoms. The number of hydrogen-bond acceptors (Lipinski definition) is 2. The average molecular weight is 230 g/mol. The van der Waals surface area contributed by atoms with E-state index in [9.17, 15) is 5.11 Å². The monoisotopic (exact) mass is 230 g/mol. The smallest absolute Gasteiger partial charge is 0.0541 e. The Bertz CT molecular complexity index is 512. The van der Waals surface area contributed by atoms with Gasteiger partial charge >= 0.3 is 0 Å². The quantitative estimate of drug-likeness (QED) is 0.736. The number of H-pyrrole nitrogens is 1. The van der Waals surface area contributed by atoms with E-state index in [2.05, 4.69) is 34.7 Å². The Morgan fingerprint density at radius 1 is 1.29 bits per heavy atom. The Hall–Kier alpha value is -1.32. The fourth-order valence-corrected chi connectivity index (χ4v) is 2.93. The van der Waals surface area contributed by atoms with Crippen molar-refractivity contribution in [3.63, 3.8) is 0 Å². The van der Waals surface area contributed by atoms with Crippen LogP contribution >= 0.6 is 0 Å². The van der Waals surface area contributed by atoms with Gasteiger partial charge in [-0.25, -0.2) is 0 Å². The first-order valence-corrected chi connectivity index (χ1v) is 6.24. The highest BCUT2D eigenvalue weighted by Crippen LogP contribution is 2.35. The number of hydrogen-bond donors (Lipinski definition) is 3. The molecule has 1 aliphatic rings. The van der Waals surface area contributed by atoms with Gasteiger partial charge in [0.15, 0.2) is 0 Å². The lowest BCUT2D eigenvalue weighted by atomic mass is 9.75. The van der Waals surface area contributed by atoms with E-state index in [1.165, 1.54) is 10.9 Å². The molecule has 1 aromatic carbocycles. The van der Waals surface area contributed by atoms with Crippen molar-refractivity contribution in [2.45, 2.75) is 18.3 Å². The predicted octanol–water partition coefficient (Wildman–Crippen LogP) is 1.78. The van der Waals surface area contributed by atoms with Crippen LogP contribution in [0.4, 0.5) is 0 Å². The molecule has 0 saturated carbocycles. The van der Waals surface area contributed by atoms with Crippen LogP contribution in [0.3, 0.4) is 0 Å². The molecule has 1 saturated heterocycles. The standard InChI is InChI=1S/C14H18N2O/c17-10-14(6-3-7-15-9-14)12-8-16-13-5-2-1-4-11(12)13/h1-2,4-5,8,15-17H,3,6-7,9-10H2. The number of benzene rings is 1. The van der Waals surface area contributed by atoms with Crippen molar-refractivity contribution in [2.75, 3.05) is 19.7 Å². The van der Waals surface area contributed by atoms with Crippen molar-refractivity contribution in [3.8, 4) is 0 Å². The summed E-state index contributed by atoms with van der Waals surface area (Å²) in [5.41, 5.74) is 2.29. The number of piperidine rings is 1. The molecule has 0 radical (unpaired) electrons. The molecule has 0 aliphatic carbocycles. The van der Waals surface area contributed by atoms with E-state index in [1.807, 2.05) is 6.07 Å². The highest BCUT2D eigenvalue weighted by Gasteiger charge is 2.35. The first-order chi connectivity index (χ1) is 8.36. The van der Waals surface area contributed by atoms with E-state index >= 15 is 0 Å². The van der Waals surface area contributed by atoms with Gasteiger partial charge in [0.1, 0.15) is 0 Å².